The van der Waals surface area contributed by atoms with Crippen LogP contribution in [0.15, 0.2) is 48.0 Å². The standard InChI is InChI=1S/C19H20FN5S/c20-15-7-5-14(6-8-15)19-23-17(13-26-19)11-21-16-3-2-10-25(12-16)18-4-1-9-22-24-18/h1,4-9,13,16,21H,2-3,10-12H2. The summed E-state index contributed by atoms with van der Waals surface area (Å²) in [4.78, 5) is 6.95. The average Bonchev–Trinajstić information content (AvgIpc) is 3.17. The highest BCUT2D eigenvalue weighted by molar-refractivity contribution is 7.13. The number of hydrogen-bond donors (Lipinski definition) is 1. The second-order valence-corrected chi connectivity index (χ2v) is 7.26. The molecule has 0 aliphatic carbocycles. The summed E-state index contributed by atoms with van der Waals surface area (Å²) in [7, 11) is 0. The van der Waals surface area contributed by atoms with Crippen molar-refractivity contribution in [1.29, 1.82) is 0 Å². The van der Waals surface area contributed by atoms with Crippen LogP contribution in [0.5, 0.6) is 0 Å². The topological polar surface area (TPSA) is 53.9 Å². The van der Waals surface area contributed by atoms with E-state index in [1.165, 1.54) is 12.1 Å². The van der Waals surface area contributed by atoms with E-state index in [4.69, 9.17) is 0 Å². The van der Waals surface area contributed by atoms with E-state index in [1.54, 1.807) is 29.7 Å². The van der Waals surface area contributed by atoms with Gasteiger partial charge in [0.15, 0.2) is 5.82 Å². The Morgan fingerprint density at radius 1 is 1.23 bits per heavy atom. The van der Waals surface area contributed by atoms with Gasteiger partial charge in [-0.1, -0.05) is 0 Å². The van der Waals surface area contributed by atoms with Crippen LogP contribution in [0.1, 0.15) is 18.5 Å². The van der Waals surface area contributed by atoms with E-state index in [9.17, 15) is 4.39 Å². The molecule has 0 saturated carbocycles. The molecule has 134 valence electrons. The van der Waals surface area contributed by atoms with E-state index in [2.05, 4.69) is 30.8 Å². The summed E-state index contributed by atoms with van der Waals surface area (Å²) in [5, 5.41) is 14.8. The molecule has 5 nitrogen and oxygen atoms in total. The third kappa shape index (κ3) is 4.05. The lowest BCUT2D eigenvalue weighted by molar-refractivity contribution is 0.418. The highest BCUT2D eigenvalue weighted by Gasteiger charge is 2.20. The Kier molecular flexibility index (Phi) is 5.17. The smallest absolute Gasteiger partial charge is 0.151 e. The van der Waals surface area contributed by atoms with Gasteiger partial charge in [-0.05, 0) is 49.2 Å². The Morgan fingerprint density at radius 3 is 2.92 bits per heavy atom. The Morgan fingerprint density at radius 2 is 2.12 bits per heavy atom. The third-order valence-electron chi connectivity index (χ3n) is 4.52. The molecule has 0 amide bonds. The molecule has 1 aliphatic heterocycles. The van der Waals surface area contributed by atoms with Gasteiger partial charge < -0.3 is 10.2 Å². The monoisotopic (exact) mass is 369 g/mol. The number of piperidine rings is 1. The summed E-state index contributed by atoms with van der Waals surface area (Å²) in [5.41, 5.74) is 1.97. The van der Waals surface area contributed by atoms with E-state index in [0.717, 1.165) is 54.6 Å². The maximum absolute atomic E-state index is 13.0. The van der Waals surface area contributed by atoms with Gasteiger partial charge in [0.25, 0.3) is 0 Å². The van der Waals surface area contributed by atoms with Gasteiger partial charge in [-0.15, -0.1) is 16.4 Å². The van der Waals surface area contributed by atoms with Gasteiger partial charge in [0.05, 0.1) is 5.69 Å². The number of anilines is 1. The molecule has 0 radical (unpaired) electrons. The summed E-state index contributed by atoms with van der Waals surface area (Å²) in [6.07, 6.45) is 3.97. The molecule has 0 bridgehead atoms. The van der Waals surface area contributed by atoms with Gasteiger partial charge in [-0.2, -0.15) is 5.10 Å². The summed E-state index contributed by atoms with van der Waals surface area (Å²) >= 11 is 1.59. The van der Waals surface area contributed by atoms with Crippen LogP contribution in [-0.4, -0.2) is 34.3 Å². The quantitative estimate of drug-likeness (QED) is 0.746. The van der Waals surface area contributed by atoms with E-state index in [-0.39, 0.29) is 5.82 Å². The summed E-state index contributed by atoms with van der Waals surface area (Å²) in [5.74, 6) is 0.711. The second-order valence-electron chi connectivity index (χ2n) is 6.40. The lowest BCUT2D eigenvalue weighted by Crippen LogP contribution is -2.45. The first-order chi connectivity index (χ1) is 12.8. The van der Waals surface area contributed by atoms with Crippen LogP contribution in [0.25, 0.3) is 10.6 Å². The Bertz CT molecular complexity index is 837. The van der Waals surface area contributed by atoms with Gasteiger partial charge in [0.1, 0.15) is 10.8 Å². The minimum Gasteiger partial charge on any atom is -0.354 e. The van der Waals surface area contributed by atoms with Crippen LogP contribution in [0.2, 0.25) is 0 Å². The first-order valence-electron chi connectivity index (χ1n) is 8.74. The maximum atomic E-state index is 13.0. The van der Waals surface area contributed by atoms with Crippen LogP contribution >= 0.6 is 11.3 Å². The number of halogens is 1. The average molecular weight is 369 g/mol. The van der Waals surface area contributed by atoms with Crippen molar-refractivity contribution >= 4 is 17.2 Å². The van der Waals surface area contributed by atoms with E-state index >= 15 is 0 Å². The summed E-state index contributed by atoms with van der Waals surface area (Å²) in [6, 6.07) is 10.8. The van der Waals surface area contributed by atoms with Crippen molar-refractivity contribution in [2.45, 2.75) is 25.4 Å². The van der Waals surface area contributed by atoms with E-state index in [0.29, 0.717) is 6.04 Å². The van der Waals surface area contributed by atoms with Crippen LogP contribution in [-0.2, 0) is 6.54 Å². The molecule has 1 unspecified atom stereocenters. The fraction of sp³-hybridized carbons (Fsp3) is 0.316. The zero-order valence-corrected chi connectivity index (χ0v) is 15.1. The highest BCUT2D eigenvalue weighted by atomic mass is 32.1. The predicted molar refractivity (Wildman–Crippen MR) is 102 cm³/mol. The molecule has 7 heteroatoms. The zero-order chi connectivity index (χ0) is 17.8. The molecule has 1 N–H and O–H groups in total. The van der Waals surface area contributed by atoms with Gasteiger partial charge in [0.2, 0.25) is 0 Å². The number of nitrogens with one attached hydrogen (secondary N) is 1. The number of benzene rings is 1. The number of hydrogen-bond acceptors (Lipinski definition) is 6. The number of rotatable bonds is 5. The molecule has 1 aromatic carbocycles. The number of nitrogens with zero attached hydrogens (tertiary/aromatic N) is 4. The van der Waals surface area contributed by atoms with Crippen LogP contribution in [0.3, 0.4) is 0 Å². The normalized spacial score (nSPS) is 17.4. The number of aromatic nitrogens is 3. The Balaban J connectivity index is 1.35. The van der Waals surface area contributed by atoms with Crippen molar-refractivity contribution < 1.29 is 4.39 Å². The molecule has 1 aliphatic rings. The van der Waals surface area contributed by atoms with Gasteiger partial charge in [0, 0.05) is 42.8 Å². The molecule has 3 aromatic rings. The van der Waals surface area contributed by atoms with Crippen molar-refractivity contribution in [3.8, 4) is 10.6 Å². The van der Waals surface area contributed by atoms with Crippen molar-refractivity contribution in [3.05, 3.63) is 59.5 Å². The van der Waals surface area contributed by atoms with Crippen molar-refractivity contribution in [1.82, 2.24) is 20.5 Å². The molecule has 4 rings (SSSR count). The molecule has 3 heterocycles. The maximum Gasteiger partial charge on any atom is 0.151 e. The molecule has 1 atom stereocenters. The SMILES string of the molecule is Fc1ccc(-c2nc(CNC3CCCN(c4cccnn4)C3)cs2)cc1. The second kappa shape index (κ2) is 7.88. The molecule has 26 heavy (non-hydrogen) atoms. The fourth-order valence-electron chi connectivity index (χ4n) is 3.18. The zero-order valence-electron chi connectivity index (χ0n) is 14.3. The fourth-order valence-corrected chi connectivity index (χ4v) is 4.00. The van der Waals surface area contributed by atoms with Crippen molar-refractivity contribution in [3.63, 3.8) is 0 Å². The Labute approximate surface area is 155 Å². The molecular weight excluding hydrogens is 349 g/mol. The lowest BCUT2D eigenvalue weighted by atomic mass is 10.1. The lowest BCUT2D eigenvalue weighted by Gasteiger charge is -2.33. The van der Waals surface area contributed by atoms with Gasteiger partial charge in [-0.25, -0.2) is 9.37 Å². The first kappa shape index (κ1) is 17.1. The molecule has 2 aromatic heterocycles. The molecule has 1 saturated heterocycles. The van der Waals surface area contributed by atoms with Crippen LogP contribution < -0.4 is 10.2 Å². The molecule has 0 spiro atoms. The van der Waals surface area contributed by atoms with Crippen LogP contribution in [0, 0.1) is 5.82 Å². The Hall–Kier alpha value is -2.38. The largest absolute Gasteiger partial charge is 0.354 e. The summed E-state index contributed by atoms with van der Waals surface area (Å²) < 4.78 is 13.0. The highest BCUT2D eigenvalue weighted by Crippen LogP contribution is 2.24. The predicted octanol–water partition coefficient (Wildman–Crippen LogP) is 3.50. The first-order valence-corrected chi connectivity index (χ1v) is 9.62. The van der Waals surface area contributed by atoms with E-state index < -0.39 is 0 Å². The van der Waals surface area contributed by atoms with E-state index in [1.807, 2.05) is 12.1 Å². The van der Waals surface area contributed by atoms with Gasteiger partial charge in [-0.3, -0.25) is 0 Å². The minimum atomic E-state index is -0.225. The van der Waals surface area contributed by atoms with Crippen molar-refractivity contribution in [2.75, 3.05) is 18.0 Å². The van der Waals surface area contributed by atoms with Crippen LogP contribution in [0.4, 0.5) is 10.2 Å². The molecular formula is C19H20FN5S. The minimum absolute atomic E-state index is 0.225. The summed E-state index contributed by atoms with van der Waals surface area (Å²) in [6.45, 7) is 2.67. The number of thiazole rings is 1. The molecule has 1 fully saturated rings. The van der Waals surface area contributed by atoms with Crippen molar-refractivity contribution in [2.24, 2.45) is 0 Å². The third-order valence-corrected chi connectivity index (χ3v) is 5.46. The van der Waals surface area contributed by atoms with Gasteiger partial charge >= 0.3 is 0 Å².